The maximum Gasteiger partial charge on any atom is 0.317 e. The molecular formula is C20H31N3O. The summed E-state index contributed by atoms with van der Waals surface area (Å²) in [6.45, 7) is 9.00. The number of nitrogens with zero attached hydrogens (tertiary/aromatic N) is 2. The number of carbonyl (C=O) groups is 1. The van der Waals surface area contributed by atoms with Crippen LogP contribution in [-0.2, 0) is 5.41 Å². The molecule has 1 aliphatic carbocycles. The summed E-state index contributed by atoms with van der Waals surface area (Å²) in [4.78, 5) is 16.4. The molecule has 1 fully saturated rings. The third kappa shape index (κ3) is 3.04. The van der Waals surface area contributed by atoms with Crippen LogP contribution in [0.2, 0.25) is 0 Å². The fourth-order valence-electron chi connectivity index (χ4n) is 4.41. The van der Waals surface area contributed by atoms with Crippen molar-refractivity contribution in [2.75, 3.05) is 27.2 Å². The Kier molecular flexibility index (Phi) is 4.60. The highest BCUT2D eigenvalue weighted by Crippen LogP contribution is 2.51. The molecule has 2 amide bonds. The molecule has 1 atom stereocenters. The first-order valence-corrected chi connectivity index (χ1v) is 9.15. The SMILES string of the molecule is Cc1ccc2c(c1)C(NC(=O)N(C)C)CC21CCN(C(C)C)CC1. The van der Waals surface area contributed by atoms with Crippen LogP contribution in [0.1, 0.15) is 55.8 Å². The van der Waals surface area contributed by atoms with Crippen LogP contribution in [0.3, 0.4) is 0 Å². The van der Waals surface area contributed by atoms with Crippen molar-refractivity contribution in [2.24, 2.45) is 0 Å². The zero-order chi connectivity index (χ0) is 17.5. The molecule has 1 N–H and O–H groups in total. The largest absolute Gasteiger partial charge is 0.331 e. The molecule has 3 rings (SSSR count). The van der Waals surface area contributed by atoms with Crippen LogP contribution in [0.15, 0.2) is 18.2 Å². The van der Waals surface area contributed by atoms with Crippen LogP contribution in [0.25, 0.3) is 0 Å². The lowest BCUT2D eigenvalue weighted by Crippen LogP contribution is -2.45. The van der Waals surface area contributed by atoms with Crippen molar-refractivity contribution in [3.8, 4) is 0 Å². The quantitative estimate of drug-likeness (QED) is 0.902. The number of nitrogens with one attached hydrogen (secondary N) is 1. The van der Waals surface area contributed by atoms with E-state index in [1.807, 2.05) is 0 Å². The summed E-state index contributed by atoms with van der Waals surface area (Å²) in [7, 11) is 3.61. The molecule has 132 valence electrons. The Morgan fingerprint density at radius 3 is 2.54 bits per heavy atom. The Balaban J connectivity index is 1.87. The highest BCUT2D eigenvalue weighted by molar-refractivity contribution is 5.74. The second-order valence-corrected chi connectivity index (χ2v) is 8.10. The zero-order valence-corrected chi connectivity index (χ0v) is 15.7. The number of urea groups is 1. The van der Waals surface area contributed by atoms with Crippen LogP contribution < -0.4 is 5.32 Å². The van der Waals surface area contributed by atoms with Crippen molar-refractivity contribution in [1.82, 2.24) is 15.1 Å². The van der Waals surface area contributed by atoms with Crippen LogP contribution >= 0.6 is 0 Å². The maximum atomic E-state index is 12.2. The summed E-state index contributed by atoms with van der Waals surface area (Å²) in [5.41, 5.74) is 4.32. The van der Waals surface area contributed by atoms with Gasteiger partial charge in [-0.3, -0.25) is 0 Å². The van der Waals surface area contributed by atoms with E-state index in [2.05, 4.69) is 49.2 Å². The molecule has 2 aliphatic rings. The van der Waals surface area contributed by atoms with Gasteiger partial charge in [-0.25, -0.2) is 4.79 Å². The zero-order valence-electron chi connectivity index (χ0n) is 15.7. The number of piperidine rings is 1. The molecule has 1 saturated heterocycles. The van der Waals surface area contributed by atoms with Gasteiger partial charge in [0.15, 0.2) is 0 Å². The minimum atomic E-state index is 0.00382. The molecule has 0 saturated carbocycles. The Hall–Kier alpha value is -1.55. The molecule has 1 aromatic rings. The Morgan fingerprint density at radius 2 is 1.96 bits per heavy atom. The molecule has 1 unspecified atom stereocenters. The number of hydrogen-bond donors (Lipinski definition) is 1. The first-order valence-electron chi connectivity index (χ1n) is 9.15. The highest BCUT2D eigenvalue weighted by Gasteiger charge is 2.46. The van der Waals surface area contributed by atoms with Gasteiger partial charge >= 0.3 is 6.03 Å². The van der Waals surface area contributed by atoms with Crippen LogP contribution in [-0.4, -0.2) is 49.1 Å². The summed E-state index contributed by atoms with van der Waals surface area (Å²) < 4.78 is 0. The molecule has 1 spiro atoms. The van der Waals surface area contributed by atoms with Gasteiger partial charge < -0.3 is 15.1 Å². The predicted molar refractivity (Wildman–Crippen MR) is 98.4 cm³/mol. The van der Waals surface area contributed by atoms with E-state index < -0.39 is 0 Å². The number of fused-ring (bicyclic) bond motifs is 2. The van der Waals surface area contributed by atoms with E-state index in [0.29, 0.717) is 6.04 Å². The van der Waals surface area contributed by atoms with Crippen LogP contribution in [0.4, 0.5) is 4.79 Å². The first-order chi connectivity index (χ1) is 11.3. The summed E-state index contributed by atoms with van der Waals surface area (Å²) >= 11 is 0. The fraction of sp³-hybridized carbons (Fsp3) is 0.650. The number of rotatable bonds is 2. The van der Waals surface area contributed by atoms with E-state index in [1.165, 1.54) is 29.5 Å². The lowest BCUT2D eigenvalue weighted by atomic mass is 9.73. The van der Waals surface area contributed by atoms with E-state index in [0.717, 1.165) is 19.5 Å². The molecule has 0 radical (unpaired) electrons. The monoisotopic (exact) mass is 329 g/mol. The lowest BCUT2D eigenvalue weighted by Gasteiger charge is -2.42. The molecule has 24 heavy (non-hydrogen) atoms. The Labute approximate surface area is 146 Å². The van der Waals surface area contributed by atoms with Crippen molar-refractivity contribution in [1.29, 1.82) is 0 Å². The summed E-state index contributed by atoms with van der Waals surface area (Å²) in [5.74, 6) is 0. The van der Waals surface area contributed by atoms with Gasteiger partial charge in [0, 0.05) is 25.6 Å². The van der Waals surface area contributed by atoms with Crippen molar-refractivity contribution in [3.63, 3.8) is 0 Å². The smallest absolute Gasteiger partial charge is 0.317 e. The fourth-order valence-corrected chi connectivity index (χ4v) is 4.41. The minimum absolute atomic E-state index is 0.00382. The van der Waals surface area contributed by atoms with Gasteiger partial charge in [-0.15, -0.1) is 0 Å². The number of likely N-dealkylation sites (tertiary alicyclic amines) is 1. The normalized spacial score (nSPS) is 22.7. The third-order valence-electron chi connectivity index (χ3n) is 5.94. The predicted octanol–water partition coefficient (Wildman–Crippen LogP) is 3.45. The molecule has 4 nitrogen and oxygen atoms in total. The first kappa shape index (κ1) is 17.3. The lowest BCUT2D eigenvalue weighted by molar-refractivity contribution is 0.124. The topological polar surface area (TPSA) is 35.6 Å². The minimum Gasteiger partial charge on any atom is -0.331 e. The Morgan fingerprint density at radius 1 is 1.29 bits per heavy atom. The Bertz CT molecular complexity index is 615. The van der Waals surface area contributed by atoms with E-state index in [1.54, 1.807) is 19.0 Å². The van der Waals surface area contributed by atoms with Gasteiger partial charge in [0.25, 0.3) is 0 Å². The van der Waals surface area contributed by atoms with Gasteiger partial charge in [0.1, 0.15) is 0 Å². The van der Waals surface area contributed by atoms with E-state index in [4.69, 9.17) is 0 Å². The highest BCUT2D eigenvalue weighted by atomic mass is 16.2. The number of benzene rings is 1. The number of carbonyl (C=O) groups excluding carboxylic acids is 1. The van der Waals surface area contributed by atoms with Gasteiger partial charge in [0.2, 0.25) is 0 Å². The van der Waals surface area contributed by atoms with E-state index >= 15 is 0 Å². The standard InChI is InChI=1S/C20H31N3O/c1-14(2)23-10-8-20(9-11-23)13-18(21-19(24)22(4)5)16-12-15(3)6-7-17(16)20/h6-7,12,14,18H,8-11,13H2,1-5H3,(H,21,24). The van der Waals surface area contributed by atoms with E-state index in [-0.39, 0.29) is 17.5 Å². The van der Waals surface area contributed by atoms with Gasteiger partial charge in [-0.2, -0.15) is 0 Å². The second-order valence-electron chi connectivity index (χ2n) is 8.10. The molecular weight excluding hydrogens is 298 g/mol. The number of hydrogen-bond acceptors (Lipinski definition) is 2. The van der Waals surface area contributed by atoms with Crippen molar-refractivity contribution in [3.05, 3.63) is 34.9 Å². The second kappa shape index (κ2) is 6.40. The molecule has 4 heteroatoms. The average molecular weight is 329 g/mol. The summed E-state index contributed by atoms with van der Waals surface area (Å²) in [6, 6.07) is 7.58. The van der Waals surface area contributed by atoms with Crippen molar-refractivity contribution < 1.29 is 4.79 Å². The summed E-state index contributed by atoms with van der Waals surface area (Å²) in [5, 5.41) is 3.24. The van der Waals surface area contributed by atoms with Crippen LogP contribution in [0.5, 0.6) is 0 Å². The molecule has 0 aromatic heterocycles. The van der Waals surface area contributed by atoms with Gasteiger partial charge in [0.05, 0.1) is 6.04 Å². The van der Waals surface area contributed by atoms with Crippen molar-refractivity contribution >= 4 is 6.03 Å². The summed E-state index contributed by atoms with van der Waals surface area (Å²) in [6.07, 6.45) is 3.42. The van der Waals surface area contributed by atoms with Crippen LogP contribution in [0, 0.1) is 6.92 Å². The molecule has 1 aromatic carbocycles. The van der Waals surface area contributed by atoms with Crippen molar-refractivity contribution in [2.45, 2.75) is 57.5 Å². The van der Waals surface area contributed by atoms with Gasteiger partial charge in [-0.05, 0) is 64.3 Å². The van der Waals surface area contributed by atoms with Gasteiger partial charge in [-0.1, -0.05) is 23.8 Å². The molecule has 1 heterocycles. The third-order valence-corrected chi connectivity index (χ3v) is 5.94. The number of amides is 2. The average Bonchev–Trinajstić information content (AvgIpc) is 2.80. The molecule has 1 aliphatic heterocycles. The molecule has 0 bridgehead atoms. The maximum absolute atomic E-state index is 12.2. The number of aryl methyl sites for hydroxylation is 1. The van der Waals surface area contributed by atoms with E-state index in [9.17, 15) is 4.79 Å².